The van der Waals surface area contributed by atoms with E-state index in [-0.39, 0.29) is 35.1 Å². The third-order valence-electron chi connectivity index (χ3n) is 6.34. The van der Waals surface area contributed by atoms with Gasteiger partial charge in [-0.25, -0.2) is 18.2 Å². The summed E-state index contributed by atoms with van der Waals surface area (Å²) < 4.78 is 53.8. The molecule has 3 heterocycles. The molecule has 11 heteroatoms. The van der Waals surface area contributed by atoms with Crippen molar-refractivity contribution in [2.75, 3.05) is 6.54 Å². The summed E-state index contributed by atoms with van der Waals surface area (Å²) in [7, 11) is 0. The van der Waals surface area contributed by atoms with Crippen molar-refractivity contribution < 1.29 is 26.8 Å². The number of amides is 1. The van der Waals surface area contributed by atoms with E-state index in [1.807, 2.05) is 0 Å². The Labute approximate surface area is 210 Å². The van der Waals surface area contributed by atoms with Crippen molar-refractivity contribution in [2.45, 2.75) is 44.7 Å². The Bertz CT molecular complexity index is 1450. The van der Waals surface area contributed by atoms with Crippen molar-refractivity contribution in [3.05, 3.63) is 88.7 Å². The standard InChI is InChI=1S/C26H24F3N5O3/c1-14-13-36-23(31-14)20-4-3-9-34(20)24(35)16-10-18(21(29)19(28)11-16)22-32-33-25(37-22)26(2,30)12-15-5-7-17(27)8-6-15/h5-8,10-11,13,20H,3-4,9,12,30H2,1-2H3. The maximum absolute atomic E-state index is 14.8. The molecule has 0 spiro atoms. The van der Waals surface area contributed by atoms with Crippen LogP contribution >= 0.6 is 0 Å². The zero-order valence-electron chi connectivity index (χ0n) is 20.2. The van der Waals surface area contributed by atoms with Crippen LogP contribution in [0.15, 0.2) is 51.5 Å². The minimum Gasteiger partial charge on any atom is -0.446 e. The van der Waals surface area contributed by atoms with Crippen molar-refractivity contribution in [1.29, 1.82) is 0 Å². The fourth-order valence-electron chi connectivity index (χ4n) is 4.49. The summed E-state index contributed by atoms with van der Waals surface area (Å²) in [5.74, 6) is -3.30. The average Bonchev–Trinajstić information content (AvgIpc) is 3.62. The number of carbonyl (C=O) groups is 1. The molecule has 0 radical (unpaired) electrons. The Morgan fingerprint density at radius 3 is 2.65 bits per heavy atom. The lowest BCUT2D eigenvalue weighted by Gasteiger charge is -2.22. The lowest BCUT2D eigenvalue weighted by Crippen LogP contribution is -2.35. The van der Waals surface area contributed by atoms with E-state index in [0.29, 0.717) is 31.0 Å². The normalized spacial score (nSPS) is 17.2. The predicted molar refractivity (Wildman–Crippen MR) is 126 cm³/mol. The molecule has 0 saturated carbocycles. The van der Waals surface area contributed by atoms with E-state index >= 15 is 0 Å². The molecule has 1 amide bonds. The molecule has 37 heavy (non-hydrogen) atoms. The van der Waals surface area contributed by atoms with Gasteiger partial charge in [-0.2, -0.15) is 0 Å². The monoisotopic (exact) mass is 511 g/mol. The van der Waals surface area contributed by atoms with Crippen LogP contribution in [-0.2, 0) is 12.0 Å². The van der Waals surface area contributed by atoms with E-state index < -0.39 is 29.1 Å². The second-order valence-corrected chi connectivity index (χ2v) is 9.44. The molecule has 0 aliphatic carbocycles. The lowest BCUT2D eigenvalue weighted by molar-refractivity contribution is 0.0715. The van der Waals surface area contributed by atoms with E-state index in [4.69, 9.17) is 14.6 Å². The van der Waals surface area contributed by atoms with Crippen LogP contribution in [0.1, 0.15) is 59.2 Å². The summed E-state index contributed by atoms with van der Waals surface area (Å²) >= 11 is 0. The van der Waals surface area contributed by atoms with E-state index in [2.05, 4.69) is 15.2 Å². The molecule has 4 aromatic rings. The number of halogens is 3. The van der Waals surface area contributed by atoms with Crippen molar-refractivity contribution in [3.8, 4) is 11.5 Å². The molecule has 1 aliphatic heterocycles. The summed E-state index contributed by atoms with van der Waals surface area (Å²) in [6, 6.07) is 7.38. The highest BCUT2D eigenvalue weighted by Crippen LogP contribution is 2.34. The van der Waals surface area contributed by atoms with Gasteiger partial charge in [-0.15, -0.1) is 10.2 Å². The van der Waals surface area contributed by atoms with Crippen LogP contribution in [0.25, 0.3) is 11.5 Å². The average molecular weight is 512 g/mol. The fraction of sp³-hybridized carbons (Fsp3) is 0.308. The number of rotatable bonds is 6. The summed E-state index contributed by atoms with van der Waals surface area (Å²) in [6.07, 6.45) is 3.07. The van der Waals surface area contributed by atoms with Gasteiger partial charge < -0.3 is 19.5 Å². The van der Waals surface area contributed by atoms with Gasteiger partial charge in [0.15, 0.2) is 11.6 Å². The zero-order chi connectivity index (χ0) is 26.3. The molecule has 2 atom stereocenters. The van der Waals surface area contributed by atoms with Gasteiger partial charge in [0.1, 0.15) is 18.1 Å². The Hall–Kier alpha value is -3.99. The second-order valence-electron chi connectivity index (χ2n) is 9.44. The minimum atomic E-state index is -1.23. The molecule has 1 aliphatic rings. The molecule has 1 saturated heterocycles. The quantitative estimate of drug-likeness (QED) is 0.394. The predicted octanol–water partition coefficient (Wildman–Crippen LogP) is 4.84. The SMILES string of the molecule is Cc1coc(C2CCCN2C(=O)c2cc(F)c(F)c(-c3nnc(C(C)(N)Cc4ccc(F)cc4)o3)c2)n1. The van der Waals surface area contributed by atoms with Gasteiger partial charge in [0.2, 0.25) is 11.8 Å². The maximum atomic E-state index is 14.8. The number of aryl methyl sites for hydroxylation is 1. The highest BCUT2D eigenvalue weighted by Gasteiger charge is 2.35. The first-order valence-corrected chi connectivity index (χ1v) is 11.7. The van der Waals surface area contributed by atoms with Crippen LogP contribution in [0.4, 0.5) is 13.2 Å². The highest BCUT2D eigenvalue weighted by atomic mass is 19.2. The number of benzene rings is 2. The van der Waals surface area contributed by atoms with E-state index in [1.54, 1.807) is 26.0 Å². The van der Waals surface area contributed by atoms with E-state index in [0.717, 1.165) is 11.6 Å². The largest absolute Gasteiger partial charge is 0.446 e. The molecule has 2 aromatic heterocycles. The number of nitrogens with zero attached hydrogens (tertiary/aromatic N) is 4. The van der Waals surface area contributed by atoms with Crippen LogP contribution in [-0.4, -0.2) is 32.5 Å². The number of nitrogens with two attached hydrogens (primary N) is 1. The Balaban J connectivity index is 1.43. The summed E-state index contributed by atoms with van der Waals surface area (Å²) in [4.78, 5) is 19.2. The first kappa shape index (κ1) is 24.7. The molecular formula is C26H24F3N5O3. The second kappa shape index (κ2) is 9.47. The topological polar surface area (TPSA) is 111 Å². The molecule has 8 nitrogen and oxygen atoms in total. The third-order valence-corrected chi connectivity index (χ3v) is 6.34. The smallest absolute Gasteiger partial charge is 0.254 e. The number of carbonyl (C=O) groups excluding carboxylic acids is 1. The Morgan fingerprint density at radius 2 is 1.95 bits per heavy atom. The first-order chi connectivity index (χ1) is 17.6. The molecule has 5 rings (SSSR count). The first-order valence-electron chi connectivity index (χ1n) is 11.7. The van der Waals surface area contributed by atoms with Gasteiger partial charge in [0, 0.05) is 12.1 Å². The summed E-state index contributed by atoms with van der Waals surface area (Å²) in [5, 5.41) is 7.79. The van der Waals surface area contributed by atoms with Crippen LogP contribution in [0, 0.1) is 24.4 Å². The molecule has 2 N–H and O–H groups in total. The van der Waals surface area contributed by atoms with Crippen LogP contribution in [0.5, 0.6) is 0 Å². The molecule has 2 unspecified atom stereocenters. The number of hydrogen-bond donors (Lipinski definition) is 1. The van der Waals surface area contributed by atoms with Crippen LogP contribution in [0.3, 0.4) is 0 Å². The van der Waals surface area contributed by atoms with Gasteiger partial charge in [0.25, 0.3) is 11.8 Å². The number of oxazole rings is 1. The summed E-state index contributed by atoms with van der Waals surface area (Å²) in [6.45, 7) is 3.82. The van der Waals surface area contributed by atoms with Crippen molar-refractivity contribution in [2.24, 2.45) is 5.73 Å². The molecule has 0 bridgehead atoms. The van der Waals surface area contributed by atoms with Gasteiger partial charge >= 0.3 is 0 Å². The van der Waals surface area contributed by atoms with Gasteiger partial charge in [0.05, 0.1) is 16.8 Å². The van der Waals surface area contributed by atoms with Gasteiger partial charge in [-0.3, -0.25) is 4.79 Å². The lowest BCUT2D eigenvalue weighted by atomic mass is 9.94. The van der Waals surface area contributed by atoms with Crippen LogP contribution < -0.4 is 5.73 Å². The van der Waals surface area contributed by atoms with Crippen molar-refractivity contribution in [3.63, 3.8) is 0 Å². The van der Waals surface area contributed by atoms with E-state index in [9.17, 15) is 18.0 Å². The third kappa shape index (κ3) is 4.86. The van der Waals surface area contributed by atoms with Gasteiger partial charge in [-0.05, 0) is 62.9 Å². The number of aromatic nitrogens is 3. The van der Waals surface area contributed by atoms with Crippen molar-refractivity contribution in [1.82, 2.24) is 20.1 Å². The van der Waals surface area contributed by atoms with Crippen LogP contribution in [0.2, 0.25) is 0 Å². The van der Waals surface area contributed by atoms with Crippen molar-refractivity contribution >= 4 is 5.91 Å². The molecule has 2 aromatic carbocycles. The number of likely N-dealkylation sites (tertiary alicyclic amines) is 1. The zero-order valence-corrected chi connectivity index (χ0v) is 20.2. The maximum Gasteiger partial charge on any atom is 0.254 e. The minimum absolute atomic E-state index is 0.0257. The Kier molecular flexibility index (Phi) is 6.32. The number of hydrogen-bond acceptors (Lipinski definition) is 7. The molecule has 1 fully saturated rings. The Morgan fingerprint density at radius 1 is 1.19 bits per heavy atom. The highest BCUT2D eigenvalue weighted by molar-refractivity contribution is 5.95. The molecular weight excluding hydrogens is 487 g/mol. The molecule has 192 valence electrons. The van der Waals surface area contributed by atoms with E-state index in [1.165, 1.54) is 29.4 Å². The fourth-order valence-corrected chi connectivity index (χ4v) is 4.49. The summed E-state index contributed by atoms with van der Waals surface area (Å²) in [5.41, 5.74) is 6.16. The van der Waals surface area contributed by atoms with Gasteiger partial charge in [-0.1, -0.05) is 12.1 Å².